The lowest BCUT2D eigenvalue weighted by Crippen LogP contribution is -2.29. The van der Waals surface area contributed by atoms with E-state index in [4.69, 9.17) is 5.73 Å². The standard InChI is InChI=1S/C5H8INO2/c1-3(8)4(7)2-5(6)9/h4H,2,7H2,1H3. The van der Waals surface area contributed by atoms with Crippen molar-refractivity contribution in [1.82, 2.24) is 0 Å². The summed E-state index contributed by atoms with van der Waals surface area (Å²) in [6.45, 7) is 1.38. The van der Waals surface area contributed by atoms with E-state index in [0.29, 0.717) is 0 Å². The molecular weight excluding hydrogens is 233 g/mol. The van der Waals surface area contributed by atoms with Crippen molar-refractivity contribution >= 4 is 32.2 Å². The first-order valence-corrected chi connectivity index (χ1v) is 3.56. The highest BCUT2D eigenvalue weighted by Gasteiger charge is 2.10. The van der Waals surface area contributed by atoms with E-state index in [-0.39, 0.29) is 16.0 Å². The van der Waals surface area contributed by atoms with Gasteiger partial charge in [0.25, 0.3) is 0 Å². The van der Waals surface area contributed by atoms with Crippen LogP contribution in [0.25, 0.3) is 0 Å². The fourth-order valence-corrected chi connectivity index (χ4v) is 0.791. The largest absolute Gasteiger partial charge is 0.321 e. The molecule has 0 aromatic rings. The molecule has 52 valence electrons. The fourth-order valence-electron chi connectivity index (χ4n) is 0.317. The third-order valence-corrected chi connectivity index (χ3v) is 1.34. The Morgan fingerprint density at radius 2 is 2.11 bits per heavy atom. The molecule has 0 aliphatic rings. The molecule has 0 heterocycles. The lowest BCUT2D eigenvalue weighted by atomic mass is 10.2. The number of rotatable bonds is 3. The van der Waals surface area contributed by atoms with Crippen molar-refractivity contribution in [3.63, 3.8) is 0 Å². The van der Waals surface area contributed by atoms with E-state index in [2.05, 4.69) is 0 Å². The normalized spacial score (nSPS) is 12.8. The SMILES string of the molecule is CC(=O)C(N)CC(=O)I. The molecule has 2 N–H and O–H groups in total. The molecule has 3 nitrogen and oxygen atoms in total. The Morgan fingerprint density at radius 1 is 1.67 bits per heavy atom. The molecule has 0 aliphatic heterocycles. The zero-order chi connectivity index (χ0) is 7.44. The Morgan fingerprint density at radius 3 is 2.22 bits per heavy atom. The number of hydrogen-bond donors (Lipinski definition) is 1. The van der Waals surface area contributed by atoms with Crippen LogP contribution in [0.4, 0.5) is 0 Å². The summed E-state index contributed by atoms with van der Waals surface area (Å²) < 4.78 is -0.0738. The number of hydrogen-bond acceptors (Lipinski definition) is 3. The smallest absolute Gasteiger partial charge is 0.194 e. The molecule has 1 unspecified atom stereocenters. The van der Waals surface area contributed by atoms with Gasteiger partial charge < -0.3 is 5.73 Å². The lowest BCUT2D eigenvalue weighted by Gasteiger charge is -2.01. The van der Waals surface area contributed by atoms with E-state index in [1.165, 1.54) is 6.92 Å². The Hall–Kier alpha value is 0.0300. The summed E-state index contributed by atoms with van der Waals surface area (Å²) in [4.78, 5) is 20.7. The van der Waals surface area contributed by atoms with E-state index in [1.807, 2.05) is 0 Å². The summed E-state index contributed by atoms with van der Waals surface area (Å²) in [5, 5.41) is 0. The van der Waals surface area contributed by atoms with Gasteiger partial charge >= 0.3 is 0 Å². The second-order valence-corrected chi connectivity index (χ2v) is 2.98. The summed E-state index contributed by atoms with van der Waals surface area (Å²) >= 11 is 1.62. The highest BCUT2D eigenvalue weighted by molar-refractivity contribution is 14.1. The number of halogens is 1. The fraction of sp³-hybridized carbons (Fsp3) is 0.600. The van der Waals surface area contributed by atoms with Crippen LogP contribution in [-0.4, -0.2) is 15.6 Å². The Balaban J connectivity index is 3.63. The number of carbonyl (C=O) groups excluding carboxylic acids is 2. The summed E-state index contributed by atoms with van der Waals surface area (Å²) in [7, 11) is 0. The molecule has 0 rings (SSSR count). The van der Waals surface area contributed by atoms with E-state index in [0.717, 1.165) is 0 Å². The summed E-state index contributed by atoms with van der Waals surface area (Å²) in [6, 6.07) is -0.602. The van der Waals surface area contributed by atoms with Gasteiger partial charge in [0.2, 0.25) is 0 Å². The van der Waals surface area contributed by atoms with Crippen LogP contribution in [0.1, 0.15) is 13.3 Å². The van der Waals surface area contributed by atoms with Gasteiger partial charge in [0.05, 0.1) is 6.04 Å². The molecule has 0 aromatic carbocycles. The lowest BCUT2D eigenvalue weighted by molar-refractivity contribution is -0.120. The van der Waals surface area contributed by atoms with Crippen LogP contribution in [0.2, 0.25) is 0 Å². The zero-order valence-electron chi connectivity index (χ0n) is 5.06. The zero-order valence-corrected chi connectivity index (χ0v) is 7.21. The molecular formula is C5H8INO2. The maximum Gasteiger partial charge on any atom is 0.194 e. The van der Waals surface area contributed by atoms with Gasteiger partial charge in [-0.2, -0.15) is 0 Å². The number of ketones is 1. The van der Waals surface area contributed by atoms with E-state index < -0.39 is 6.04 Å². The third-order valence-electron chi connectivity index (χ3n) is 0.903. The van der Waals surface area contributed by atoms with Gasteiger partial charge in [-0.25, -0.2) is 0 Å². The minimum absolute atomic E-state index is 0.0738. The summed E-state index contributed by atoms with van der Waals surface area (Å²) in [6.07, 6.45) is 0.149. The maximum atomic E-state index is 10.4. The molecule has 0 saturated heterocycles. The van der Waals surface area contributed by atoms with Crippen molar-refractivity contribution in [1.29, 1.82) is 0 Å². The minimum Gasteiger partial charge on any atom is -0.321 e. The molecule has 0 radical (unpaired) electrons. The molecule has 4 heteroatoms. The van der Waals surface area contributed by atoms with Gasteiger partial charge in [0, 0.05) is 6.42 Å². The van der Waals surface area contributed by atoms with E-state index in [9.17, 15) is 9.59 Å². The number of carbonyl (C=O) groups is 2. The molecule has 0 saturated carbocycles. The predicted octanol–water partition coefficient (Wildman–Crippen LogP) is 0.254. The van der Waals surface area contributed by atoms with Crippen molar-refractivity contribution in [3.8, 4) is 0 Å². The number of nitrogens with two attached hydrogens (primary N) is 1. The predicted molar refractivity (Wildman–Crippen MR) is 42.3 cm³/mol. The van der Waals surface area contributed by atoms with Crippen molar-refractivity contribution in [2.75, 3.05) is 0 Å². The van der Waals surface area contributed by atoms with Crippen LogP contribution < -0.4 is 5.73 Å². The van der Waals surface area contributed by atoms with Gasteiger partial charge in [-0.3, -0.25) is 9.59 Å². The van der Waals surface area contributed by atoms with Crippen LogP contribution in [0.15, 0.2) is 0 Å². The van der Waals surface area contributed by atoms with Crippen molar-refractivity contribution in [2.24, 2.45) is 5.73 Å². The van der Waals surface area contributed by atoms with Crippen molar-refractivity contribution < 1.29 is 9.59 Å². The van der Waals surface area contributed by atoms with Crippen molar-refractivity contribution in [3.05, 3.63) is 0 Å². The molecule has 1 atom stereocenters. The van der Waals surface area contributed by atoms with Crippen LogP contribution in [-0.2, 0) is 9.59 Å². The summed E-state index contributed by atoms with van der Waals surface area (Å²) in [5.41, 5.74) is 5.24. The maximum absolute atomic E-state index is 10.4. The quantitative estimate of drug-likeness (QED) is 0.569. The molecule has 0 spiro atoms. The molecule has 0 fully saturated rings. The van der Waals surface area contributed by atoms with E-state index in [1.54, 1.807) is 22.6 Å². The third kappa shape index (κ3) is 4.53. The van der Waals surface area contributed by atoms with Crippen molar-refractivity contribution in [2.45, 2.75) is 19.4 Å². The minimum atomic E-state index is -0.602. The molecule has 0 bridgehead atoms. The van der Waals surface area contributed by atoms with Gasteiger partial charge in [-0.05, 0) is 29.5 Å². The number of Topliss-reactive ketones (excluding diaryl/α,β-unsaturated/α-hetero) is 1. The van der Waals surface area contributed by atoms with Crippen LogP contribution in [0, 0.1) is 0 Å². The topological polar surface area (TPSA) is 60.2 Å². The Labute approximate surface area is 67.1 Å². The first-order chi connectivity index (χ1) is 4.04. The average Bonchev–Trinajstić information content (AvgIpc) is 1.63. The molecule has 0 aromatic heterocycles. The van der Waals surface area contributed by atoms with Gasteiger partial charge in [0.1, 0.15) is 5.78 Å². The van der Waals surface area contributed by atoms with Crippen LogP contribution in [0.5, 0.6) is 0 Å². The second-order valence-electron chi connectivity index (χ2n) is 1.78. The Bertz CT molecular complexity index is 135. The molecule has 0 aliphatic carbocycles. The van der Waals surface area contributed by atoms with Gasteiger partial charge in [0.15, 0.2) is 3.79 Å². The summed E-state index contributed by atoms with van der Waals surface area (Å²) in [5.74, 6) is -0.139. The van der Waals surface area contributed by atoms with Crippen LogP contribution in [0.3, 0.4) is 0 Å². The van der Waals surface area contributed by atoms with Gasteiger partial charge in [-0.1, -0.05) is 0 Å². The highest BCUT2D eigenvalue weighted by atomic mass is 127. The van der Waals surface area contributed by atoms with Gasteiger partial charge in [-0.15, -0.1) is 0 Å². The monoisotopic (exact) mass is 241 g/mol. The molecule has 0 amide bonds. The first kappa shape index (κ1) is 9.03. The molecule has 9 heavy (non-hydrogen) atoms. The first-order valence-electron chi connectivity index (χ1n) is 2.48. The second kappa shape index (κ2) is 3.94. The van der Waals surface area contributed by atoms with Crippen LogP contribution >= 0.6 is 22.6 Å². The highest BCUT2D eigenvalue weighted by Crippen LogP contribution is 1.96. The Kier molecular flexibility index (Phi) is 3.96. The average molecular weight is 241 g/mol. The van der Waals surface area contributed by atoms with E-state index >= 15 is 0 Å².